The smallest absolute Gasteiger partial charge is 0.387 e. The number of benzene rings is 2. The van der Waals surface area contributed by atoms with Crippen LogP contribution in [0.4, 0.5) is 13.2 Å². The number of aromatic nitrogens is 2. The van der Waals surface area contributed by atoms with Crippen LogP contribution in [0.15, 0.2) is 47.4 Å². The molecular formula is C24H24F3N3O5S. The van der Waals surface area contributed by atoms with Crippen LogP contribution in [-0.4, -0.2) is 53.3 Å². The average molecular weight is 524 g/mol. The summed E-state index contributed by atoms with van der Waals surface area (Å²) in [6, 6.07) is 8.53. The van der Waals surface area contributed by atoms with Crippen molar-refractivity contribution in [3.05, 3.63) is 54.0 Å². The minimum absolute atomic E-state index is 0.0453. The van der Waals surface area contributed by atoms with E-state index in [1.807, 2.05) is 0 Å². The summed E-state index contributed by atoms with van der Waals surface area (Å²) in [5.41, 5.74) is 0.773. The van der Waals surface area contributed by atoms with Crippen LogP contribution in [0.3, 0.4) is 0 Å². The molecule has 1 aliphatic heterocycles. The number of hydrogen-bond acceptors (Lipinski definition) is 5. The Bertz CT molecular complexity index is 1390. The molecule has 1 saturated carbocycles. The molecule has 1 aliphatic carbocycles. The van der Waals surface area contributed by atoms with Crippen LogP contribution in [0, 0.1) is 17.7 Å². The van der Waals surface area contributed by atoms with E-state index < -0.39 is 28.4 Å². The minimum atomic E-state index is -3.95. The number of ether oxygens (including phenoxy) is 1. The zero-order valence-electron chi connectivity index (χ0n) is 19.1. The van der Waals surface area contributed by atoms with Crippen molar-refractivity contribution in [3.63, 3.8) is 0 Å². The highest BCUT2D eigenvalue weighted by molar-refractivity contribution is 7.89. The first-order valence-electron chi connectivity index (χ1n) is 11.6. The molecule has 192 valence electrons. The lowest BCUT2D eigenvalue weighted by Gasteiger charge is -2.34. The van der Waals surface area contributed by atoms with E-state index in [9.17, 15) is 31.5 Å². The molecule has 5 rings (SSSR count). The Labute approximate surface area is 205 Å². The summed E-state index contributed by atoms with van der Waals surface area (Å²) < 4.78 is 73.1. The summed E-state index contributed by atoms with van der Waals surface area (Å²) in [6.45, 7) is -2.68. The van der Waals surface area contributed by atoms with E-state index in [0.717, 1.165) is 19.3 Å². The van der Waals surface area contributed by atoms with Gasteiger partial charge < -0.3 is 9.84 Å². The molecule has 2 aromatic carbocycles. The lowest BCUT2D eigenvalue weighted by molar-refractivity contribution is -0.136. The van der Waals surface area contributed by atoms with Crippen molar-refractivity contribution >= 4 is 26.9 Å². The second kappa shape index (κ2) is 9.40. The predicted octanol–water partition coefficient (Wildman–Crippen LogP) is 4.07. The first-order valence-corrected chi connectivity index (χ1v) is 13.0. The fourth-order valence-electron chi connectivity index (χ4n) is 5.21. The quantitative estimate of drug-likeness (QED) is 0.478. The van der Waals surface area contributed by atoms with Crippen molar-refractivity contribution in [3.8, 4) is 5.75 Å². The number of carbonyl (C=O) groups is 1. The van der Waals surface area contributed by atoms with E-state index in [0.29, 0.717) is 10.9 Å². The Kier molecular flexibility index (Phi) is 6.41. The summed E-state index contributed by atoms with van der Waals surface area (Å²) in [6.07, 6.45) is 2.56. The molecule has 1 unspecified atom stereocenters. The van der Waals surface area contributed by atoms with Crippen LogP contribution in [0.1, 0.15) is 31.0 Å². The molecule has 1 saturated heterocycles. The predicted molar refractivity (Wildman–Crippen MR) is 123 cm³/mol. The number of sulfonamides is 1. The number of carboxylic acid groups (broad SMARTS) is 1. The zero-order chi connectivity index (χ0) is 25.6. The normalized spacial score (nSPS) is 21.2. The third kappa shape index (κ3) is 4.55. The van der Waals surface area contributed by atoms with E-state index in [1.165, 1.54) is 40.7 Å². The second-order valence-electron chi connectivity index (χ2n) is 9.22. The number of nitrogens with zero attached hydrogens (tertiary/aromatic N) is 3. The standard InChI is InChI=1S/C24H24F3N3O5S/c25-15-4-9-21-18(10-15)20(11-23(31)32)28-30(21)22-13-29(12-19(22)14-2-1-3-14)36(33,34)17-7-5-16(6-8-17)35-24(26)27/h4-10,14,19,22,24H,1-3,11-13H2,(H,31,32)/t19?,22-/m0/s1. The summed E-state index contributed by atoms with van der Waals surface area (Å²) in [5.74, 6) is -1.55. The molecule has 2 heterocycles. The van der Waals surface area contributed by atoms with Crippen molar-refractivity contribution in [1.29, 1.82) is 0 Å². The maximum atomic E-state index is 14.0. The summed E-state index contributed by atoms with van der Waals surface area (Å²) in [7, 11) is -3.95. The van der Waals surface area contributed by atoms with E-state index in [2.05, 4.69) is 9.84 Å². The van der Waals surface area contributed by atoms with Crippen LogP contribution >= 0.6 is 0 Å². The Hall–Kier alpha value is -3.12. The van der Waals surface area contributed by atoms with Gasteiger partial charge in [0.2, 0.25) is 10.0 Å². The molecule has 8 nitrogen and oxygen atoms in total. The fraction of sp³-hybridized carbons (Fsp3) is 0.417. The van der Waals surface area contributed by atoms with E-state index >= 15 is 0 Å². The monoisotopic (exact) mass is 523 g/mol. The number of carboxylic acids is 1. The van der Waals surface area contributed by atoms with Crippen LogP contribution < -0.4 is 4.74 Å². The molecule has 0 bridgehead atoms. The van der Waals surface area contributed by atoms with Gasteiger partial charge in [0.25, 0.3) is 0 Å². The van der Waals surface area contributed by atoms with Crippen molar-refractivity contribution in [1.82, 2.24) is 14.1 Å². The Morgan fingerprint density at radius 1 is 1.14 bits per heavy atom. The minimum Gasteiger partial charge on any atom is -0.481 e. The van der Waals surface area contributed by atoms with Crippen LogP contribution in [-0.2, 0) is 21.2 Å². The maximum absolute atomic E-state index is 14.0. The molecule has 2 aliphatic rings. The summed E-state index contributed by atoms with van der Waals surface area (Å²) >= 11 is 0. The molecule has 0 spiro atoms. The van der Waals surface area contributed by atoms with Gasteiger partial charge in [0, 0.05) is 18.5 Å². The number of fused-ring (bicyclic) bond motifs is 1. The molecular weight excluding hydrogens is 499 g/mol. The molecule has 1 aromatic heterocycles. The Balaban J connectivity index is 1.50. The highest BCUT2D eigenvalue weighted by atomic mass is 32.2. The summed E-state index contributed by atoms with van der Waals surface area (Å²) in [4.78, 5) is 11.4. The van der Waals surface area contributed by atoms with Gasteiger partial charge in [0.1, 0.15) is 11.6 Å². The van der Waals surface area contributed by atoms with Gasteiger partial charge >= 0.3 is 12.6 Å². The molecule has 2 atom stereocenters. The second-order valence-corrected chi connectivity index (χ2v) is 11.2. The largest absolute Gasteiger partial charge is 0.481 e. The van der Waals surface area contributed by atoms with E-state index in [4.69, 9.17) is 0 Å². The van der Waals surface area contributed by atoms with Crippen LogP contribution in [0.5, 0.6) is 5.75 Å². The highest BCUT2D eigenvalue weighted by Gasteiger charge is 2.46. The molecule has 3 aromatic rings. The molecule has 36 heavy (non-hydrogen) atoms. The van der Waals surface area contributed by atoms with Gasteiger partial charge in [0.15, 0.2) is 0 Å². The van der Waals surface area contributed by atoms with Crippen molar-refractivity contribution in [2.24, 2.45) is 11.8 Å². The van der Waals surface area contributed by atoms with E-state index in [1.54, 1.807) is 10.7 Å². The lowest BCUT2D eigenvalue weighted by atomic mass is 9.74. The van der Waals surface area contributed by atoms with Gasteiger partial charge in [-0.3, -0.25) is 9.48 Å². The maximum Gasteiger partial charge on any atom is 0.387 e. The molecule has 0 amide bonds. The number of aliphatic carboxylic acids is 1. The SMILES string of the molecule is O=C(O)Cc1nn([C@H]2CN(S(=O)(=O)c3ccc(OC(F)F)cc3)CC2C2CCC2)c2ccc(F)cc12. The average Bonchev–Trinajstić information content (AvgIpc) is 3.34. The molecule has 0 radical (unpaired) electrons. The van der Waals surface area contributed by atoms with Crippen molar-refractivity contribution < 1.29 is 36.2 Å². The zero-order valence-corrected chi connectivity index (χ0v) is 19.9. The van der Waals surface area contributed by atoms with Crippen molar-refractivity contribution in [2.75, 3.05) is 13.1 Å². The number of halogens is 3. The molecule has 12 heteroatoms. The van der Waals surface area contributed by atoms with Crippen LogP contribution in [0.2, 0.25) is 0 Å². The third-order valence-corrected chi connectivity index (χ3v) is 8.96. The fourth-order valence-corrected chi connectivity index (χ4v) is 6.70. The van der Waals surface area contributed by atoms with Crippen molar-refractivity contribution in [2.45, 2.75) is 43.2 Å². The van der Waals surface area contributed by atoms with Gasteiger partial charge in [-0.05, 0) is 54.3 Å². The Morgan fingerprint density at radius 2 is 1.86 bits per heavy atom. The van der Waals surface area contributed by atoms with E-state index in [-0.39, 0.29) is 53.7 Å². The first-order chi connectivity index (χ1) is 17.1. The topological polar surface area (TPSA) is 102 Å². The third-order valence-electron chi connectivity index (χ3n) is 7.12. The molecule has 1 N–H and O–H groups in total. The van der Waals surface area contributed by atoms with Gasteiger partial charge in [-0.15, -0.1) is 0 Å². The summed E-state index contributed by atoms with van der Waals surface area (Å²) in [5, 5.41) is 14.2. The number of alkyl halides is 2. The number of rotatable bonds is 8. The van der Waals surface area contributed by atoms with Gasteiger partial charge in [-0.25, -0.2) is 12.8 Å². The lowest BCUT2D eigenvalue weighted by Crippen LogP contribution is -2.31. The van der Waals surface area contributed by atoms with Gasteiger partial charge in [-0.1, -0.05) is 19.3 Å². The number of hydrogen-bond donors (Lipinski definition) is 1. The Morgan fingerprint density at radius 3 is 2.47 bits per heavy atom. The molecule has 2 fully saturated rings. The first kappa shape index (κ1) is 24.6. The van der Waals surface area contributed by atoms with Crippen LogP contribution in [0.25, 0.3) is 10.9 Å². The van der Waals surface area contributed by atoms with Gasteiger partial charge in [0.05, 0.1) is 28.6 Å². The highest BCUT2D eigenvalue weighted by Crippen LogP contribution is 2.45. The van der Waals surface area contributed by atoms with Gasteiger partial charge in [-0.2, -0.15) is 18.2 Å².